The molecular formula is C16H16N2O2. The van der Waals surface area contributed by atoms with Crippen LogP contribution >= 0.6 is 0 Å². The average Bonchev–Trinajstić information content (AvgIpc) is 2.53. The summed E-state index contributed by atoms with van der Waals surface area (Å²) in [5.74, 6) is 1.21. The molecule has 1 aliphatic heterocycles. The average molecular weight is 268 g/mol. The molecule has 1 aliphatic rings. The molecule has 0 saturated carbocycles. The lowest BCUT2D eigenvalue weighted by molar-refractivity contribution is 0.0939. The van der Waals surface area contributed by atoms with Crippen LogP contribution in [0.1, 0.15) is 15.9 Å². The van der Waals surface area contributed by atoms with E-state index in [2.05, 4.69) is 16.4 Å². The van der Waals surface area contributed by atoms with Crippen molar-refractivity contribution < 1.29 is 9.53 Å². The van der Waals surface area contributed by atoms with E-state index in [9.17, 15) is 4.79 Å². The smallest absolute Gasteiger partial charge is 0.251 e. The van der Waals surface area contributed by atoms with E-state index in [0.717, 1.165) is 12.2 Å². The summed E-state index contributed by atoms with van der Waals surface area (Å²) in [6, 6.07) is 11.5. The molecule has 1 unspecified atom stereocenters. The molecular weight excluding hydrogens is 252 g/mol. The highest BCUT2D eigenvalue weighted by Gasteiger charge is 2.20. The minimum atomic E-state index is -0.0636. The number of para-hydroxylation sites is 1. The summed E-state index contributed by atoms with van der Waals surface area (Å²) in [4.78, 5) is 15.9. The largest absolute Gasteiger partial charge is 0.493 e. The van der Waals surface area contributed by atoms with Gasteiger partial charge in [-0.1, -0.05) is 18.2 Å². The number of aromatic nitrogens is 1. The molecule has 1 aromatic carbocycles. The van der Waals surface area contributed by atoms with E-state index in [4.69, 9.17) is 4.74 Å². The standard InChI is InChI=1S/C16H16N2O2/c19-16(13-5-7-17-8-6-13)18-10-12-9-14-3-1-2-4-15(14)20-11-12/h1-8,12H,9-11H2,(H,18,19). The van der Waals surface area contributed by atoms with Gasteiger partial charge in [-0.2, -0.15) is 0 Å². The third kappa shape index (κ3) is 2.79. The summed E-state index contributed by atoms with van der Waals surface area (Å²) >= 11 is 0. The van der Waals surface area contributed by atoms with Crippen LogP contribution in [0.5, 0.6) is 5.75 Å². The molecule has 2 heterocycles. The fraction of sp³-hybridized carbons (Fsp3) is 0.250. The van der Waals surface area contributed by atoms with Gasteiger partial charge in [0, 0.05) is 30.4 Å². The molecule has 4 heteroatoms. The SMILES string of the molecule is O=C(NCC1COc2ccccc2C1)c1ccncc1. The lowest BCUT2D eigenvalue weighted by Gasteiger charge is -2.25. The lowest BCUT2D eigenvalue weighted by Crippen LogP contribution is -2.34. The first-order valence-electron chi connectivity index (χ1n) is 6.72. The van der Waals surface area contributed by atoms with Gasteiger partial charge in [-0.3, -0.25) is 9.78 Å². The van der Waals surface area contributed by atoms with Gasteiger partial charge in [-0.05, 0) is 30.2 Å². The zero-order chi connectivity index (χ0) is 13.8. The van der Waals surface area contributed by atoms with Gasteiger partial charge in [-0.15, -0.1) is 0 Å². The highest BCUT2D eigenvalue weighted by molar-refractivity contribution is 5.93. The molecule has 0 fully saturated rings. The molecule has 1 atom stereocenters. The molecule has 4 nitrogen and oxygen atoms in total. The number of ether oxygens (including phenoxy) is 1. The Morgan fingerprint density at radius 3 is 2.90 bits per heavy atom. The Kier molecular flexibility index (Phi) is 3.63. The van der Waals surface area contributed by atoms with Crippen LogP contribution in [0, 0.1) is 5.92 Å². The van der Waals surface area contributed by atoms with Crippen molar-refractivity contribution in [2.75, 3.05) is 13.2 Å². The molecule has 1 N–H and O–H groups in total. The second-order valence-corrected chi connectivity index (χ2v) is 4.93. The highest BCUT2D eigenvalue weighted by atomic mass is 16.5. The van der Waals surface area contributed by atoms with Crippen LogP contribution in [-0.2, 0) is 6.42 Å². The van der Waals surface area contributed by atoms with Crippen molar-refractivity contribution >= 4 is 5.91 Å². The molecule has 0 saturated heterocycles. The van der Waals surface area contributed by atoms with E-state index < -0.39 is 0 Å². The van der Waals surface area contributed by atoms with Crippen molar-refractivity contribution in [3.8, 4) is 5.75 Å². The zero-order valence-corrected chi connectivity index (χ0v) is 11.1. The highest BCUT2D eigenvalue weighted by Crippen LogP contribution is 2.26. The molecule has 0 spiro atoms. The van der Waals surface area contributed by atoms with Crippen LogP contribution in [-0.4, -0.2) is 24.0 Å². The molecule has 102 valence electrons. The van der Waals surface area contributed by atoms with Crippen LogP contribution in [0.3, 0.4) is 0 Å². The number of nitrogens with zero attached hydrogens (tertiary/aromatic N) is 1. The molecule has 1 aromatic heterocycles. The number of fused-ring (bicyclic) bond motifs is 1. The normalized spacial score (nSPS) is 16.9. The van der Waals surface area contributed by atoms with Crippen molar-refractivity contribution in [3.05, 3.63) is 59.9 Å². The van der Waals surface area contributed by atoms with Crippen molar-refractivity contribution in [1.29, 1.82) is 0 Å². The minimum absolute atomic E-state index is 0.0636. The van der Waals surface area contributed by atoms with Gasteiger partial charge in [0.2, 0.25) is 0 Å². The minimum Gasteiger partial charge on any atom is -0.493 e. The van der Waals surface area contributed by atoms with Gasteiger partial charge in [0.15, 0.2) is 0 Å². The monoisotopic (exact) mass is 268 g/mol. The number of pyridine rings is 1. The third-order valence-electron chi connectivity index (χ3n) is 3.45. The van der Waals surface area contributed by atoms with Gasteiger partial charge in [-0.25, -0.2) is 0 Å². The number of rotatable bonds is 3. The first-order chi connectivity index (χ1) is 9.83. The third-order valence-corrected chi connectivity index (χ3v) is 3.45. The summed E-state index contributed by atoms with van der Waals surface area (Å²) in [6.45, 7) is 1.27. The Bertz CT molecular complexity index is 598. The van der Waals surface area contributed by atoms with Gasteiger partial charge in [0.05, 0.1) is 6.61 Å². The van der Waals surface area contributed by atoms with Gasteiger partial charge in [0.25, 0.3) is 5.91 Å². The Morgan fingerprint density at radius 1 is 1.25 bits per heavy atom. The van der Waals surface area contributed by atoms with Crippen molar-refractivity contribution in [3.63, 3.8) is 0 Å². The maximum atomic E-state index is 12.0. The number of carbonyl (C=O) groups is 1. The van der Waals surface area contributed by atoms with Crippen LogP contribution in [0.25, 0.3) is 0 Å². The summed E-state index contributed by atoms with van der Waals surface area (Å²) < 4.78 is 5.71. The summed E-state index contributed by atoms with van der Waals surface area (Å²) in [6.07, 6.45) is 4.18. The maximum Gasteiger partial charge on any atom is 0.251 e. The van der Waals surface area contributed by atoms with Crippen LogP contribution in [0.2, 0.25) is 0 Å². The number of hydrogen-bond donors (Lipinski definition) is 1. The zero-order valence-electron chi connectivity index (χ0n) is 11.1. The lowest BCUT2D eigenvalue weighted by atomic mass is 9.96. The Labute approximate surface area is 117 Å². The van der Waals surface area contributed by atoms with Crippen LogP contribution in [0.4, 0.5) is 0 Å². The second-order valence-electron chi connectivity index (χ2n) is 4.93. The van der Waals surface area contributed by atoms with Crippen molar-refractivity contribution in [2.45, 2.75) is 6.42 Å². The predicted octanol–water partition coefficient (Wildman–Crippen LogP) is 2.06. The Morgan fingerprint density at radius 2 is 2.05 bits per heavy atom. The van der Waals surface area contributed by atoms with Crippen molar-refractivity contribution in [1.82, 2.24) is 10.3 Å². The number of hydrogen-bond acceptors (Lipinski definition) is 3. The number of nitrogens with one attached hydrogen (secondary N) is 1. The van der Waals surface area contributed by atoms with Gasteiger partial charge < -0.3 is 10.1 Å². The fourth-order valence-electron chi connectivity index (χ4n) is 2.36. The molecule has 0 radical (unpaired) electrons. The van der Waals surface area contributed by atoms with Gasteiger partial charge in [0.1, 0.15) is 5.75 Å². The molecule has 20 heavy (non-hydrogen) atoms. The maximum absolute atomic E-state index is 12.0. The van der Waals surface area contributed by atoms with E-state index in [-0.39, 0.29) is 5.91 Å². The Balaban J connectivity index is 1.57. The van der Waals surface area contributed by atoms with E-state index in [1.165, 1.54) is 5.56 Å². The van der Waals surface area contributed by atoms with Gasteiger partial charge >= 0.3 is 0 Å². The second kappa shape index (κ2) is 5.74. The molecule has 2 aromatic rings. The van der Waals surface area contributed by atoms with E-state index in [1.54, 1.807) is 24.5 Å². The van der Waals surface area contributed by atoms with Crippen LogP contribution < -0.4 is 10.1 Å². The first kappa shape index (κ1) is 12.7. The quantitative estimate of drug-likeness (QED) is 0.927. The Hall–Kier alpha value is -2.36. The molecule has 1 amide bonds. The molecule has 3 rings (SSSR count). The molecule has 0 aliphatic carbocycles. The fourth-order valence-corrected chi connectivity index (χ4v) is 2.36. The summed E-state index contributed by atoms with van der Waals surface area (Å²) in [5, 5.41) is 2.95. The van der Waals surface area contributed by atoms with E-state index >= 15 is 0 Å². The van der Waals surface area contributed by atoms with E-state index in [1.807, 2.05) is 18.2 Å². The van der Waals surface area contributed by atoms with Crippen molar-refractivity contribution in [2.24, 2.45) is 5.92 Å². The topological polar surface area (TPSA) is 51.2 Å². The summed E-state index contributed by atoms with van der Waals surface area (Å²) in [7, 11) is 0. The predicted molar refractivity (Wildman–Crippen MR) is 75.7 cm³/mol. The number of amides is 1. The molecule has 0 bridgehead atoms. The summed E-state index contributed by atoms with van der Waals surface area (Å²) in [5.41, 5.74) is 1.85. The van der Waals surface area contributed by atoms with E-state index in [0.29, 0.717) is 24.6 Å². The number of benzene rings is 1. The first-order valence-corrected chi connectivity index (χ1v) is 6.72. The number of carbonyl (C=O) groups excluding carboxylic acids is 1. The van der Waals surface area contributed by atoms with Crippen LogP contribution in [0.15, 0.2) is 48.8 Å².